The van der Waals surface area contributed by atoms with Crippen molar-refractivity contribution in [3.05, 3.63) is 0 Å². The van der Waals surface area contributed by atoms with Gasteiger partial charge in [0.15, 0.2) is 0 Å². The Morgan fingerprint density at radius 3 is 2.29 bits per heavy atom. The fourth-order valence-corrected chi connectivity index (χ4v) is 2.90. The molecular formula is C13H21NO3. The maximum absolute atomic E-state index is 12.4. The van der Waals surface area contributed by atoms with E-state index in [0.29, 0.717) is 31.2 Å². The van der Waals surface area contributed by atoms with Crippen LogP contribution in [0, 0.1) is 17.3 Å². The number of carbonyl (C=O) groups is 2. The standard InChI is InChI=1S/C13H21NO3/c1-8-6-9(2)10(3)14(7-8)11(15)13(4-5-13)12(16)17/h8-10H,4-7H2,1-3H3,(H,16,17). The molecule has 1 amide bonds. The summed E-state index contributed by atoms with van der Waals surface area (Å²) in [7, 11) is 0. The molecule has 2 aliphatic rings. The highest BCUT2D eigenvalue weighted by Crippen LogP contribution is 2.48. The van der Waals surface area contributed by atoms with Gasteiger partial charge in [-0.15, -0.1) is 0 Å². The van der Waals surface area contributed by atoms with E-state index in [1.807, 2.05) is 6.92 Å². The van der Waals surface area contributed by atoms with E-state index in [9.17, 15) is 14.7 Å². The molecule has 1 saturated carbocycles. The normalized spacial score (nSPS) is 35.5. The minimum absolute atomic E-state index is 0.157. The Morgan fingerprint density at radius 2 is 1.82 bits per heavy atom. The topological polar surface area (TPSA) is 57.6 Å². The first kappa shape index (κ1) is 12.4. The first-order chi connectivity index (χ1) is 7.88. The minimum Gasteiger partial charge on any atom is -0.480 e. The number of piperidine rings is 1. The summed E-state index contributed by atoms with van der Waals surface area (Å²) in [6, 6.07) is 0.163. The molecule has 1 heterocycles. The van der Waals surface area contributed by atoms with E-state index in [1.165, 1.54) is 0 Å². The van der Waals surface area contributed by atoms with Crippen molar-refractivity contribution in [1.82, 2.24) is 4.90 Å². The Labute approximate surface area is 102 Å². The number of likely N-dealkylation sites (tertiary alicyclic amines) is 1. The highest BCUT2D eigenvalue weighted by atomic mass is 16.4. The third-order valence-electron chi connectivity index (χ3n) is 4.43. The van der Waals surface area contributed by atoms with E-state index in [0.717, 1.165) is 6.42 Å². The highest BCUT2D eigenvalue weighted by Gasteiger charge is 2.59. The molecule has 1 aliphatic heterocycles. The molecule has 0 bridgehead atoms. The van der Waals surface area contributed by atoms with Crippen LogP contribution >= 0.6 is 0 Å². The van der Waals surface area contributed by atoms with E-state index >= 15 is 0 Å². The lowest BCUT2D eigenvalue weighted by Crippen LogP contribution is -2.52. The number of carbonyl (C=O) groups excluding carboxylic acids is 1. The van der Waals surface area contributed by atoms with Crippen molar-refractivity contribution in [2.45, 2.75) is 46.1 Å². The summed E-state index contributed by atoms with van der Waals surface area (Å²) in [6.45, 7) is 7.01. The third kappa shape index (κ3) is 1.94. The van der Waals surface area contributed by atoms with Crippen molar-refractivity contribution < 1.29 is 14.7 Å². The molecule has 3 unspecified atom stereocenters. The van der Waals surface area contributed by atoms with Gasteiger partial charge in [-0.25, -0.2) is 0 Å². The second-order valence-corrected chi connectivity index (χ2v) is 5.90. The Balaban J connectivity index is 2.16. The summed E-state index contributed by atoms with van der Waals surface area (Å²) < 4.78 is 0. The van der Waals surface area contributed by atoms with Crippen LogP contribution in [0.1, 0.15) is 40.0 Å². The monoisotopic (exact) mass is 239 g/mol. The Kier molecular flexibility index (Phi) is 2.92. The molecule has 3 atom stereocenters. The number of hydrogen-bond donors (Lipinski definition) is 1. The van der Waals surface area contributed by atoms with Crippen LogP contribution in [-0.4, -0.2) is 34.5 Å². The van der Waals surface area contributed by atoms with Crippen molar-refractivity contribution in [2.75, 3.05) is 6.54 Å². The molecule has 1 N–H and O–H groups in total. The predicted molar refractivity (Wildman–Crippen MR) is 63.4 cm³/mol. The quantitative estimate of drug-likeness (QED) is 0.747. The van der Waals surface area contributed by atoms with Gasteiger partial charge in [-0.3, -0.25) is 9.59 Å². The first-order valence-corrected chi connectivity index (χ1v) is 6.43. The van der Waals surface area contributed by atoms with Crippen LogP contribution in [0.2, 0.25) is 0 Å². The lowest BCUT2D eigenvalue weighted by Gasteiger charge is -2.42. The second-order valence-electron chi connectivity index (χ2n) is 5.90. The van der Waals surface area contributed by atoms with Crippen LogP contribution < -0.4 is 0 Å². The smallest absolute Gasteiger partial charge is 0.319 e. The molecule has 17 heavy (non-hydrogen) atoms. The van der Waals surface area contributed by atoms with Crippen molar-refractivity contribution in [3.63, 3.8) is 0 Å². The third-order valence-corrected chi connectivity index (χ3v) is 4.43. The summed E-state index contributed by atoms with van der Waals surface area (Å²) in [4.78, 5) is 25.4. The van der Waals surface area contributed by atoms with Gasteiger partial charge in [-0.2, -0.15) is 0 Å². The van der Waals surface area contributed by atoms with Crippen LogP contribution in [0.25, 0.3) is 0 Å². The molecule has 4 nitrogen and oxygen atoms in total. The molecule has 2 fully saturated rings. The molecule has 2 rings (SSSR count). The van der Waals surface area contributed by atoms with E-state index in [4.69, 9.17) is 0 Å². The average molecular weight is 239 g/mol. The van der Waals surface area contributed by atoms with Gasteiger partial charge in [0, 0.05) is 12.6 Å². The van der Waals surface area contributed by atoms with Gasteiger partial charge < -0.3 is 10.0 Å². The lowest BCUT2D eigenvalue weighted by atomic mass is 9.85. The number of carboxylic acid groups (broad SMARTS) is 1. The van der Waals surface area contributed by atoms with Crippen LogP contribution in [0.15, 0.2) is 0 Å². The van der Waals surface area contributed by atoms with Gasteiger partial charge in [0.1, 0.15) is 5.41 Å². The number of carboxylic acids is 1. The second kappa shape index (κ2) is 4.00. The van der Waals surface area contributed by atoms with Crippen molar-refractivity contribution in [2.24, 2.45) is 17.3 Å². The fraction of sp³-hybridized carbons (Fsp3) is 0.846. The molecule has 1 aliphatic carbocycles. The number of rotatable bonds is 2. The van der Waals surface area contributed by atoms with Crippen LogP contribution in [0.4, 0.5) is 0 Å². The van der Waals surface area contributed by atoms with Crippen molar-refractivity contribution in [3.8, 4) is 0 Å². The Morgan fingerprint density at radius 1 is 1.24 bits per heavy atom. The van der Waals surface area contributed by atoms with Gasteiger partial charge in [0.25, 0.3) is 0 Å². The van der Waals surface area contributed by atoms with Crippen LogP contribution in [0.3, 0.4) is 0 Å². The zero-order chi connectivity index (χ0) is 12.8. The van der Waals surface area contributed by atoms with Crippen molar-refractivity contribution in [1.29, 1.82) is 0 Å². The number of aliphatic carboxylic acids is 1. The summed E-state index contributed by atoms with van der Waals surface area (Å²) in [5.74, 6) is -0.182. The molecular weight excluding hydrogens is 218 g/mol. The molecule has 1 saturated heterocycles. The van der Waals surface area contributed by atoms with Crippen LogP contribution in [-0.2, 0) is 9.59 Å². The average Bonchev–Trinajstić information content (AvgIpc) is 3.03. The molecule has 96 valence electrons. The fourth-order valence-electron chi connectivity index (χ4n) is 2.90. The molecule has 0 aromatic rings. The Bertz CT molecular complexity index is 349. The van der Waals surface area contributed by atoms with Gasteiger partial charge in [-0.05, 0) is 38.0 Å². The summed E-state index contributed by atoms with van der Waals surface area (Å²) in [5.41, 5.74) is -1.08. The van der Waals surface area contributed by atoms with E-state index in [2.05, 4.69) is 13.8 Å². The predicted octanol–water partition coefficient (Wildman–Crippen LogP) is 1.74. The maximum atomic E-state index is 12.4. The van der Waals surface area contributed by atoms with Gasteiger partial charge >= 0.3 is 5.97 Å². The number of hydrogen-bond acceptors (Lipinski definition) is 2. The van der Waals surface area contributed by atoms with E-state index in [-0.39, 0.29) is 11.9 Å². The molecule has 0 aromatic carbocycles. The highest BCUT2D eigenvalue weighted by molar-refractivity contribution is 6.05. The van der Waals surface area contributed by atoms with Gasteiger partial charge in [0.05, 0.1) is 0 Å². The number of nitrogens with zero attached hydrogens (tertiary/aromatic N) is 1. The minimum atomic E-state index is -1.08. The molecule has 0 aromatic heterocycles. The summed E-state index contributed by atoms with van der Waals surface area (Å²) in [5, 5.41) is 9.18. The maximum Gasteiger partial charge on any atom is 0.319 e. The van der Waals surface area contributed by atoms with E-state index in [1.54, 1.807) is 4.90 Å². The van der Waals surface area contributed by atoms with Gasteiger partial charge in [0.2, 0.25) is 5.91 Å². The zero-order valence-corrected chi connectivity index (χ0v) is 10.8. The summed E-state index contributed by atoms with van der Waals surface area (Å²) in [6.07, 6.45) is 2.13. The lowest BCUT2D eigenvalue weighted by molar-refractivity contribution is -0.156. The SMILES string of the molecule is CC1CC(C)C(C)N(C(=O)C2(C(=O)O)CC2)C1. The molecule has 4 heteroatoms. The van der Waals surface area contributed by atoms with Crippen LogP contribution in [0.5, 0.6) is 0 Å². The molecule has 0 radical (unpaired) electrons. The number of amides is 1. The van der Waals surface area contributed by atoms with Gasteiger partial charge in [-0.1, -0.05) is 13.8 Å². The Hall–Kier alpha value is -1.06. The van der Waals surface area contributed by atoms with Crippen molar-refractivity contribution >= 4 is 11.9 Å². The van der Waals surface area contributed by atoms with E-state index < -0.39 is 11.4 Å². The largest absolute Gasteiger partial charge is 0.480 e. The molecule has 0 spiro atoms. The summed E-state index contributed by atoms with van der Waals surface area (Å²) >= 11 is 0. The first-order valence-electron chi connectivity index (χ1n) is 6.43. The zero-order valence-electron chi connectivity index (χ0n) is 10.8.